The van der Waals surface area contributed by atoms with E-state index in [0.29, 0.717) is 11.7 Å². The highest BCUT2D eigenvalue weighted by Crippen LogP contribution is 2.25. The van der Waals surface area contributed by atoms with E-state index in [1.165, 1.54) is 32.4 Å². The second-order valence-corrected chi connectivity index (χ2v) is 7.89. The third-order valence-electron chi connectivity index (χ3n) is 6.03. The zero-order valence-electron chi connectivity index (χ0n) is 16.3. The molecule has 2 saturated heterocycles. The van der Waals surface area contributed by atoms with Crippen molar-refractivity contribution in [3.05, 3.63) is 42.1 Å². The summed E-state index contributed by atoms with van der Waals surface area (Å²) in [6, 6.07) is 12.5. The van der Waals surface area contributed by atoms with Crippen LogP contribution in [-0.4, -0.2) is 57.7 Å². The highest BCUT2D eigenvalue weighted by molar-refractivity contribution is 5.93. The van der Waals surface area contributed by atoms with Crippen molar-refractivity contribution in [2.45, 2.75) is 44.6 Å². The number of aryl methyl sites for hydroxylation is 1. The van der Waals surface area contributed by atoms with Crippen LogP contribution in [0.2, 0.25) is 0 Å². The molecule has 0 radical (unpaired) electrons. The van der Waals surface area contributed by atoms with Gasteiger partial charge < -0.3 is 9.80 Å². The number of aromatic nitrogens is 2. The van der Waals surface area contributed by atoms with Crippen molar-refractivity contribution in [3.8, 4) is 11.3 Å². The number of amides is 1. The normalized spacial score (nSPS) is 20.9. The van der Waals surface area contributed by atoms with Gasteiger partial charge in [-0.25, -0.2) is 0 Å². The van der Waals surface area contributed by atoms with Crippen molar-refractivity contribution in [2.24, 2.45) is 7.05 Å². The standard InChI is InChI=1S/C22H30N4O/c1-24-21(18-9-3-2-4-10-18)17-20(23-24)22(27)26-15-6-5-11-19(26)12-16-25-13-7-8-14-25/h2-4,9-10,17,19H,5-8,11-16H2,1H3/t19-/m1/s1. The summed E-state index contributed by atoms with van der Waals surface area (Å²) in [4.78, 5) is 17.9. The van der Waals surface area contributed by atoms with Gasteiger partial charge in [0.25, 0.3) is 5.91 Å². The number of hydrogen-bond acceptors (Lipinski definition) is 3. The van der Waals surface area contributed by atoms with Crippen molar-refractivity contribution in [2.75, 3.05) is 26.2 Å². The van der Waals surface area contributed by atoms with Crippen LogP contribution >= 0.6 is 0 Å². The second kappa shape index (κ2) is 8.26. The molecule has 2 fully saturated rings. The van der Waals surface area contributed by atoms with Crippen LogP contribution in [-0.2, 0) is 7.05 Å². The number of carbonyl (C=O) groups is 1. The van der Waals surface area contributed by atoms with E-state index >= 15 is 0 Å². The Morgan fingerprint density at radius 2 is 1.81 bits per heavy atom. The molecule has 1 aromatic heterocycles. The second-order valence-electron chi connectivity index (χ2n) is 7.89. The highest BCUT2D eigenvalue weighted by Gasteiger charge is 2.29. The number of rotatable bonds is 5. The first-order valence-electron chi connectivity index (χ1n) is 10.3. The SMILES string of the molecule is Cn1nc(C(=O)N2CCCC[C@@H]2CCN2CCCC2)cc1-c1ccccc1. The van der Waals surface area contributed by atoms with Crippen LogP contribution in [0.4, 0.5) is 0 Å². The van der Waals surface area contributed by atoms with Gasteiger partial charge in [-0.3, -0.25) is 9.48 Å². The minimum absolute atomic E-state index is 0.0962. The van der Waals surface area contributed by atoms with Gasteiger partial charge in [0.1, 0.15) is 0 Å². The van der Waals surface area contributed by atoms with Gasteiger partial charge in [0.05, 0.1) is 5.69 Å². The van der Waals surface area contributed by atoms with Crippen LogP contribution in [0.15, 0.2) is 36.4 Å². The molecule has 2 aliphatic heterocycles. The van der Waals surface area contributed by atoms with Crippen LogP contribution in [0.3, 0.4) is 0 Å². The summed E-state index contributed by atoms with van der Waals surface area (Å²) in [5.74, 6) is 0.0962. The number of carbonyl (C=O) groups excluding carboxylic acids is 1. The van der Waals surface area contributed by atoms with Crippen LogP contribution in [0.25, 0.3) is 11.3 Å². The van der Waals surface area contributed by atoms with Crippen molar-refractivity contribution in [1.29, 1.82) is 0 Å². The molecule has 1 amide bonds. The number of nitrogens with zero attached hydrogens (tertiary/aromatic N) is 4. The summed E-state index contributed by atoms with van der Waals surface area (Å²) in [5.41, 5.74) is 2.66. The number of benzene rings is 1. The molecule has 27 heavy (non-hydrogen) atoms. The van der Waals surface area contributed by atoms with Crippen molar-refractivity contribution in [1.82, 2.24) is 19.6 Å². The van der Waals surface area contributed by atoms with Crippen LogP contribution in [0, 0.1) is 0 Å². The van der Waals surface area contributed by atoms with Crippen molar-refractivity contribution in [3.63, 3.8) is 0 Å². The zero-order valence-corrected chi connectivity index (χ0v) is 16.3. The monoisotopic (exact) mass is 366 g/mol. The first kappa shape index (κ1) is 18.2. The van der Waals surface area contributed by atoms with Crippen molar-refractivity contribution >= 4 is 5.91 Å². The largest absolute Gasteiger partial charge is 0.334 e. The molecule has 2 aliphatic rings. The Bertz CT molecular complexity index is 764. The van der Waals surface area contributed by atoms with Crippen molar-refractivity contribution < 1.29 is 4.79 Å². The van der Waals surface area contributed by atoms with E-state index in [1.807, 2.05) is 36.0 Å². The molecule has 0 N–H and O–H groups in total. The fourth-order valence-corrected chi connectivity index (χ4v) is 4.50. The Balaban J connectivity index is 1.48. The molecule has 0 aliphatic carbocycles. The number of likely N-dealkylation sites (tertiary alicyclic amines) is 2. The topological polar surface area (TPSA) is 41.4 Å². The lowest BCUT2D eigenvalue weighted by Gasteiger charge is -2.36. The van der Waals surface area contributed by atoms with E-state index in [1.54, 1.807) is 0 Å². The Labute approximate surface area is 162 Å². The molecular formula is C22H30N4O. The molecule has 0 saturated carbocycles. The fraction of sp³-hybridized carbons (Fsp3) is 0.545. The molecule has 5 nitrogen and oxygen atoms in total. The fourth-order valence-electron chi connectivity index (χ4n) is 4.50. The van der Waals surface area contributed by atoms with E-state index in [4.69, 9.17) is 0 Å². The van der Waals surface area contributed by atoms with E-state index in [0.717, 1.165) is 43.6 Å². The van der Waals surface area contributed by atoms with E-state index in [9.17, 15) is 4.79 Å². The molecule has 5 heteroatoms. The van der Waals surface area contributed by atoms with Gasteiger partial charge in [-0.15, -0.1) is 0 Å². The molecule has 144 valence electrons. The van der Waals surface area contributed by atoms with Gasteiger partial charge in [0.2, 0.25) is 0 Å². The molecule has 0 unspecified atom stereocenters. The van der Waals surface area contributed by atoms with E-state index < -0.39 is 0 Å². The number of piperidine rings is 1. The quantitative estimate of drug-likeness (QED) is 0.812. The molecule has 2 aromatic rings. The summed E-state index contributed by atoms with van der Waals surface area (Å²) >= 11 is 0. The zero-order chi connectivity index (χ0) is 18.6. The first-order valence-corrected chi connectivity index (χ1v) is 10.3. The van der Waals surface area contributed by atoms with Gasteiger partial charge >= 0.3 is 0 Å². The summed E-state index contributed by atoms with van der Waals surface area (Å²) in [6.45, 7) is 4.43. The summed E-state index contributed by atoms with van der Waals surface area (Å²) in [5, 5.41) is 4.55. The Hall–Kier alpha value is -2.14. The van der Waals surface area contributed by atoms with Gasteiger partial charge in [-0.05, 0) is 63.2 Å². The van der Waals surface area contributed by atoms with E-state index in [2.05, 4.69) is 27.0 Å². The average Bonchev–Trinajstić information content (AvgIpc) is 3.36. The minimum atomic E-state index is 0.0962. The maximum Gasteiger partial charge on any atom is 0.274 e. The summed E-state index contributed by atoms with van der Waals surface area (Å²) < 4.78 is 1.83. The van der Waals surface area contributed by atoms with Crippen LogP contribution in [0.5, 0.6) is 0 Å². The molecule has 0 spiro atoms. The van der Waals surface area contributed by atoms with Gasteiger partial charge in [0.15, 0.2) is 5.69 Å². The van der Waals surface area contributed by atoms with Gasteiger partial charge in [-0.2, -0.15) is 5.10 Å². The molecule has 4 rings (SSSR count). The smallest absolute Gasteiger partial charge is 0.274 e. The maximum atomic E-state index is 13.2. The minimum Gasteiger partial charge on any atom is -0.334 e. The predicted molar refractivity (Wildman–Crippen MR) is 108 cm³/mol. The third kappa shape index (κ3) is 4.08. The summed E-state index contributed by atoms with van der Waals surface area (Å²) in [7, 11) is 1.92. The molecule has 1 atom stereocenters. The lowest BCUT2D eigenvalue weighted by molar-refractivity contribution is 0.0581. The molecule has 1 aromatic carbocycles. The van der Waals surface area contributed by atoms with E-state index in [-0.39, 0.29) is 5.91 Å². The Kier molecular flexibility index (Phi) is 5.58. The highest BCUT2D eigenvalue weighted by atomic mass is 16.2. The first-order chi connectivity index (χ1) is 13.2. The Morgan fingerprint density at radius 1 is 1.07 bits per heavy atom. The number of hydrogen-bond donors (Lipinski definition) is 0. The van der Waals surface area contributed by atoms with Gasteiger partial charge in [0, 0.05) is 26.2 Å². The Morgan fingerprint density at radius 3 is 2.59 bits per heavy atom. The summed E-state index contributed by atoms with van der Waals surface area (Å²) in [6.07, 6.45) is 7.19. The maximum absolute atomic E-state index is 13.2. The third-order valence-corrected chi connectivity index (χ3v) is 6.03. The molecular weight excluding hydrogens is 336 g/mol. The van der Waals surface area contributed by atoms with Crippen LogP contribution < -0.4 is 0 Å². The molecule has 3 heterocycles. The molecule has 0 bridgehead atoms. The lowest BCUT2D eigenvalue weighted by atomic mass is 9.98. The average molecular weight is 367 g/mol. The van der Waals surface area contributed by atoms with Gasteiger partial charge in [-0.1, -0.05) is 30.3 Å². The lowest BCUT2D eigenvalue weighted by Crippen LogP contribution is -2.45. The predicted octanol–water partition coefficient (Wildman–Crippen LogP) is 3.57. The van der Waals surface area contributed by atoms with Crippen LogP contribution in [0.1, 0.15) is 49.0 Å².